The van der Waals surface area contributed by atoms with Crippen molar-refractivity contribution >= 4 is 200 Å². The normalized spacial score (nSPS) is 10.1. The Morgan fingerprint density at radius 1 is 0.362 bits per heavy atom. The third-order valence-corrected chi connectivity index (χ3v) is 20.1. The van der Waals surface area contributed by atoms with E-state index < -0.39 is 41.4 Å². The minimum Gasteiger partial charge on any atom is -0.370 e. The summed E-state index contributed by atoms with van der Waals surface area (Å²) in [6.07, 6.45) is 9.11. The molecule has 6 aromatic carbocycles. The average Bonchev–Trinajstić information content (AvgIpc) is 0.898. The first-order chi connectivity index (χ1) is 55.5. The first-order valence-electron chi connectivity index (χ1n) is 36.2. The van der Waals surface area contributed by atoms with Gasteiger partial charge in [-0.15, -0.1) is 23.2 Å². The number of amides is 14. The molecule has 0 radical (unpaired) electrons. The van der Waals surface area contributed by atoms with Crippen molar-refractivity contribution in [3.63, 3.8) is 0 Å². The Morgan fingerprint density at radius 3 is 1.09 bits per heavy atom. The van der Waals surface area contributed by atoms with Gasteiger partial charge in [0.05, 0.1) is 34.4 Å². The Hall–Kier alpha value is -9.37. The van der Waals surface area contributed by atoms with E-state index in [1.54, 1.807) is 121 Å². The largest absolute Gasteiger partial charge is 0.370 e. The van der Waals surface area contributed by atoms with Gasteiger partial charge >= 0.3 is 0 Å². The van der Waals surface area contributed by atoms with Gasteiger partial charge in [0.25, 0.3) is 50.5 Å². The third kappa shape index (κ3) is 47.0. The highest BCUT2D eigenvalue weighted by Crippen LogP contribution is 2.30. The highest BCUT2D eigenvalue weighted by Gasteiger charge is 2.21. The fraction of sp³-hybridized carbons (Fsp3) is 0.338. The van der Waals surface area contributed by atoms with Gasteiger partial charge in [-0.05, 0) is 163 Å². The lowest BCUT2D eigenvalue weighted by atomic mass is 10.1. The standard InChI is InChI=1S/C19H28ClN3O3S.C17H16BrN3O3S.C14H16ClN3O4S.C14H21N3O2S.C13H16ClN3O3S/c1-2-3-4-5-6-7-11-23-19(26)27-16-9-8-14(20)13-15(16)18(25)22-12-10-17(21)24;18-11-5-7-12(8-6-11)21-17(24)25-14-4-2-1-3-13(14)16(23)20-10-9-15(19)22;15-7-12(20)18-8-13(21)23-10-4-2-1-3-9(10)14(22)17-6-5-11(16)19;1-2-3-9-17-14(19)20-12-7-5-4-6-11(12)13(18)16-10-8-15;14-6-8-17-13(20)21-10-4-2-1-3-9(10)12(19)16-7-5-11(15)18/h8-9,13H,2-7,10-12H2,1H3,(H2,21,24)(H,22,25)(H,23,26);1-8H,9-10H2,(H2,19,22)(H,20,23)(H,21,24);1-4H,5-8H2,(H2,16,19)(H,17,22)(H,18,20);4-7H,2-3,8-10,15H2,1H3,(H,16,18)(H,17,19);1-4H,5-8H2,(H2,15,18)(H,16,19)(H,17,20). The van der Waals surface area contributed by atoms with Crippen LogP contribution in [-0.2, 0) is 28.8 Å². The highest BCUT2D eigenvalue weighted by atomic mass is 79.9. The highest BCUT2D eigenvalue weighted by molar-refractivity contribution is 9.10. The molecular formula is C77H97BrCl3N15O15S5. The summed E-state index contributed by atoms with van der Waals surface area (Å²) in [4.78, 5) is 177. The van der Waals surface area contributed by atoms with Crippen molar-refractivity contribution in [2.75, 3.05) is 82.5 Å². The first-order valence-corrected chi connectivity index (χ1v) is 42.5. The van der Waals surface area contributed by atoms with Crippen molar-refractivity contribution in [2.24, 2.45) is 28.7 Å². The lowest BCUT2D eigenvalue weighted by molar-refractivity contribution is -0.121. The number of thioether (sulfide) groups is 5. The number of alkyl halides is 2. The molecule has 0 spiro atoms. The molecule has 30 nitrogen and oxygen atoms in total. The molecule has 116 heavy (non-hydrogen) atoms. The number of unbranched alkanes of at least 4 members (excludes halogenated alkanes) is 6. The van der Waals surface area contributed by atoms with Crippen LogP contribution in [0.1, 0.15) is 143 Å². The number of anilines is 1. The van der Waals surface area contributed by atoms with Gasteiger partial charge in [-0.1, -0.05) is 128 Å². The van der Waals surface area contributed by atoms with Crippen LogP contribution in [0.5, 0.6) is 0 Å². The number of rotatable bonds is 40. The van der Waals surface area contributed by atoms with Crippen LogP contribution in [0.15, 0.2) is 168 Å². The van der Waals surface area contributed by atoms with E-state index in [2.05, 4.69) is 82.9 Å². The van der Waals surface area contributed by atoms with E-state index in [9.17, 15) is 71.9 Å². The molecule has 39 heteroatoms. The molecule has 0 heterocycles. The minimum atomic E-state index is -0.516. The Balaban J connectivity index is 0.000000494. The lowest BCUT2D eigenvalue weighted by Gasteiger charge is -2.10. The van der Waals surface area contributed by atoms with Gasteiger partial charge < -0.3 is 81.8 Å². The molecule has 0 bridgehead atoms. The molecule has 0 aliphatic rings. The zero-order valence-electron chi connectivity index (χ0n) is 63.8. The van der Waals surface area contributed by atoms with Gasteiger partial charge in [0, 0.05) is 130 Å². The number of carbonyl (C=O) groups excluding carboxylic acids is 15. The number of benzene rings is 6. The predicted octanol–water partition coefficient (Wildman–Crippen LogP) is 11.1. The summed E-state index contributed by atoms with van der Waals surface area (Å²) in [5.74, 6) is -4.07. The van der Waals surface area contributed by atoms with Crippen molar-refractivity contribution in [3.05, 3.63) is 177 Å². The molecule has 14 amide bonds. The third-order valence-electron chi connectivity index (χ3n) is 14.4. The molecular weight excluding hydrogens is 1720 g/mol. The van der Waals surface area contributed by atoms with Crippen LogP contribution >= 0.6 is 110 Å². The summed E-state index contributed by atoms with van der Waals surface area (Å²) in [6, 6.07) is 39.0. The van der Waals surface area contributed by atoms with Crippen molar-refractivity contribution in [3.8, 4) is 0 Å². The second-order valence-corrected chi connectivity index (χ2v) is 30.9. The molecule has 0 fully saturated rings. The van der Waals surface area contributed by atoms with Crippen LogP contribution in [0.2, 0.25) is 5.02 Å². The van der Waals surface area contributed by atoms with Crippen molar-refractivity contribution in [1.29, 1.82) is 0 Å². The van der Waals surface area contributed by atoms with Crippen LogP contribution in [0.25, 0.3) is 0 Å². The summed E-state index contributed by atoms with van der Waals surface area (Å²) in [5, 5.41) is 25.6. The Kier molecular flexibility index (Phi) is 54.8. The Bertz CT molecular complexity index is 4220. The number of hydrogen-bond acceptors (Lipinski definition) is 21. The van der Waals surface area contributed by atoms with E-state index in [0.29, 0.717) is 102 Å². The molecule has 0 aliphatic carbocycles. The monoisotopic (exact) mass is 1820 g/mol. The van der Waals surface area contributed by atoms with E-state index >= 15 is 0 Å². The quantitative estimate of drug-likeness (QED) is 0.00965. The molecule has 0 atom stereocenters. The average molecular weight is 1820 g/mol. The number of hydrogen-bond donors (Lipinski definition) is 15. The van der Waals surface area contributed by atoms with Gasteiger partial charge in [0.15, 0.2) is 0 Å². The lowest BCUT2D eigenvalue weighted by Crippen LogP contribution is -2.29. The van der Waals surface area contributed by atoms with E-state index in [1.165, 1.54) is 31.7 Å². The van der Waals surface area contributed by atoms with Gasteiger partial charge in [-0.3, -0.25) is 71.9 Å². The predicted molar refractivity (Wildman–Crippen MR) is 464 cm³/mol. The maximum atomic E-state index is 12.3. The number of nitrogens with one attached hydrogen (secondary N) is 10. The van der Waals surface area contributed by atoms with E-state index in [0.717, 1.165) is 89.0 Å². The fourth-order valence-electron chi connectivity index (χ4n) is 8.77. The summed E-state index contributed by atoms with van der Waals surface area (Å²) in [6.45, 7) is 7.06. The van der Waals surface area contributed by atoms with E-state index in [-0.39, 0.29) is 108 Å². The first kappa shape index (κ1) is 103. The molecule has 0 saturated heterocycles. The molecule has 0 aromatic heterocycles. The molecule has 0 unspecified atom stereocenters. The van der Waals surface area contributed by atoms with Crippen molar-refractivity contribution in [2.45, 2.75) is 115 Å². The number of halogens is 4. The molecule has 0 saturated carbocycles. The Labute approximate surface area is 718 Å². The van der Waals surface area contributed by atoms with Crippen LogP contribution in [-0.4, -0.2) is 162 Å². The van der Waals surface area contributed by atoms with Crippen molar-refractivity contribution in [1.82, 2.24) is 47.9 Å². The minimum absolute atomic E-state index is 0.0322. The Morgan fingerprint density at radius 2 is 0.707 bits per heavy atom. The number of nitrogens with two attached hydrogens (primary N) is 5. The van der Waals surface area contributed by atoms with Crippen LogP contribution in [0.4, 0.5) is 24.9 Å². The van der Waals surface area contributed by atoms with E-state index in [1.807, 2.05) is 12.1 Å². The van der Waals surface area contributed by atoms with Crippen LogP contribution in [0.3, 0.4) is 0 Å². The van der Waals surface area contributed by atoms with E-state index in [4.69, 9.17) is 63.5 Å². The summed E-state index contributed by atoms with van der Waals surface area (Å²) >= 11 is 24.8. The SMILES string of the molecule is CCCCCCCCNC(=O)Sc1ccc(Cl)cc1C(=O)NCCC(N)=O.CCCCNC(=O)Sc1ccccc1C(=O)NCCN.NC(=O)CCNC(=O)c1ccccc1SC(=O)CNC(=O)CCl.NC(=O)CCNC(=O)c1ccccc1SC(=O)NCCCl.NC(=O)CCNC(=O)c1ccccc1SC(=O)Nc1ccc(Br)cc1. The summed E-state index contributed by atoms with van der Waals surface area (Å²) < 4.78 is 0.913. The molecule has 6 rings (SSSR count). The van der Waals surface area contributed by atoms with Crippen LogP contribution < -0.4 is 81.8 Å². The fourth-order valence-corrected chi connectivity index (χ4v) is 13.3. The molecule has 6 aromatic rings. The second kappa shape index (κ2) is 61.9. The van der Waals surface area contributed by atoms with Crippen LogP contribution in [0, 0.1) is 0 Å². The van der Waals surface area contributed by atoms with Gasteiger partial charge in [0.1, 0.15) is 5.88 Å². The summed E-state index contributed by atoms with van der Waals surface area (Å²) in [7, 11) is 0. The summed E-state index contributed by atoms with van der Waals surface area (Å²) in [5.41, 5.74) is 28.0. The maximum absolute atomic E-state index is 12.3. The zero-order chi connectivity index (χ0) is 86.0. The molecule has 20 N–H and O–H groups in total. The second-order valence-electron chi connectivity index (χ2n) is 23.7. The van der Waals surface area contributed by atoms with Gasteiger partial charge in [-0.25, -0.2) is 0 Å². The van der Waals surface area contributed by atoms with Crippen molar-refractivity contribution < 1.29 is 71.9 Å². The molecule has 0 aliphatic heterocycles. The molecule has 628 valence electrons. The maximum Gasteiger partial charge on any atom is 0.288 e. The van der Waals surface area contributed by atoms with Gasteiger partial charge in [-0.2, -0.15) is 0 Å². The number of primary amides is 4. The zero-order valence-corrected chi connectivity index (χ0v) is 71.7. The number of carbonyl (C=O) groups is 15. The van der Waals surface area contributed by atoms with Gasteiger partial charge in [0.2, 0.25) is 34.7 Å². The smallest absolute Gasteiger partial charge is 0.288 e. The topological polar surface area (TPSA) is 506 Å².